The van der Waals surface area contributed by atoms with Gasteiger partial charge in [-0.15, -0.1) is 0 Å². The Bertz CT molecular complexity index is 617. The molecule has 2 nitrogen and oxygen atoms in total. The van der Waals surface area contributed by atoms with Crippen LogP contribution in [0.5, 0.6) is 0 Å². The Hall–Kier alpha value is -1.80. The summed E-state index contributed by atoms with van der Waals surface area (Å²) in [6.07, 6.45) is 2.44. The average molecular weight is 308 g/mol. The van der Waals surface area contributed by atoms with Gasteiger partial charge in [-0.2, -0.15) is 0 Å². The van der Waals surface area contributed by atoms with Gasteiger partial charge in [0.25, 0.3) is 0 Å². The molecule has 1 fully saturated rings. The third kappa shape index (κ3) is 4.14. The number of benzene rings is 2. The van der Waals surface area contributed by atoms with Crippen LogP contribution in [0.2, 0.25) is 0 Å². The van der Waals surface area contributed by atoms with Gasteiger partial charge < -0.3 is 5.32 Å². The monoisotopic (exact) mass is 308 g/mol. The molecular weight excluding hydrogens is 280 g/mol. The lowest BCUT2D eigenvalue weighted by Gasteiger charge is -2.33. The zero-order chi connectivity index (χ0) is 16.2. The van der Waals surface area contributed by atoms with E-state index in [1.165, 1.54) is 53.9 Å². The van der Waals surface area contributed by atoms with Gasteiger partial charge in [0.15, 0.2) is 0 Å². The van der Waals surface area contributed by atoms with Crippen molar-refractivity contribution >= 4 is 5.69 Å². The number of nitrogens with zero attached hydrogens (tertiary/aromatic N) is 1. The number of anilines is 1. The largest absolute Gasteiger partial charge is 0.382 e. The van der Waals surface area contributed by atoms with Crippen molar-refractivity contribution < 1.29 is 0 Å². The number of likely N-dealkylation sites (tertiary alicyclic amines) is 1. The van der Waals surface area contributed by atoms with Gasteiger partial charge in [0.05, 0.1) is 0 Å². The molecular formula is C21H28N2. The normalized spacial score (nSPS) is 16.5. The molecule has 0 radical (unpaired) electrons. The fourth-order valence-electron chi connectivity index (χ4n) is 3.69. The second-order valence-corrected chi connectivity index (χ2v) is 6.95. The molecule has 2 aromatic rings. The van der Waals surface area contributed by atoms with Crippen molar-refractivity contribution in [1.29, 1.82) is 0 Å². The van der Waals surface area contributed by atoms with Gasteiger partial charge in [-0.3, -0.25) is 4.90 Å². The van der Waals surface area contributed by atoms with Crippen molar-refractivity contribution in [3.63, 3.8) is 0 Å². The van der Waals surface area contributed by atoms with Crippen LogP contribution in [0.1, 0.15) is 35.1 Å². The lowest BCUT2D eigenvalue weighted by Crippen LogP contribution is -2.38. The highest BCUT2D eigenvalue weighted by atomic mass is 15.1. The molecule has 0 atom stereocenters. The van der Waals surface area contributed by atoms with Crippen LogP contribution >= 0.6 is 0 Å². The molecule has 2 heteroatoms. The van der Waals surface area contributed by atoms with Gasteiger partial charge in [-0.25, -0.2) is 0 Å². The van der Waals surface area contributed by atoms with E-state index in [1.807, 2.05) is 0 Å². The minimum atomic E-state index is 0.599. The summed E-state index contributed by atoms with van der Waals surface area (Å²) in [5, 5.41) is 3.80. The third-order valence-corrected chi connectivity index (χ3v) is 4.86. The van der Waals surface area contributed by atoms with Crippen LogP contribution in [0.4, 0.5) is 5.69 Å². The van der Waals surface area contributed by atoms with Gasteiger partial charge in [0.1, 0.15) is 0 Å². The molecule has 23 heavy (non-hydrogen) atoms. The number of nitrogens with one attached hydrogen (secondary N) is 1. The lowest BCUT2D eigenvalue weighted by atomic mass is 10.0. The Labute approximate surface area is 140 Å². The number of aryl methyl sites for hydroxylation is 3. The smallest absolute Gasteiger partial charge is 0.0401 e. The maximum atomic E-state index is 3.80. The minimum Gasteiger partial charge on any atom is -0.382 e. The second-order valence-electron chi connectivity index (χ2n) is 6.95. The van der Waals surface area contributed by atoms with Gasteiger partial charge in [0.2, 0.25) is 0 Å². The molecule has 2 aromatic carbocycles. The van der Waals surface area contributed by atoms with Crippen molar-refractivity contribution in [2.45, 2.75) is 46.2 Å². The first kappa shape index (κ1) is 16.1. The second kappa shape index (κ2) is 7.18. The highest BCUT2D eigenvalue weighted by Gasteiger charge is 2.20. The summed E-state index contributed by atoms with van der Waals surface area (Å²) in [5.74, 6) is 0. The fraction of sp³-hybridized carbons (Fsp3) is 0.429. The summed E-state index contributed by atoms with van der Waals surface area (Å²) >= 11 is 0. The molecule has 0 amide bonds. The Morgan fingerprint density at radius 2 is 1.57 bits per heavy atom. The fourth-order valence-corrected chi connectivity index (χ4v) is 3.69. The van der Waals surface area contributed by atoms with Crippen LogP contribution < -0.4 is 5.32 Å². The first-order valence-corrected chi connectivity index (χ1v) is 8.72. The quantitative estimate of drug-likeness (QED) is 0.881. The molecule has 1 saturated heterocycles. The molecule has 1 aliphatic rings. The lowest BCUT2D eigenvalue weighted by molar-refractivity contribution is 0.211. The molecule has 0 unspecified atom stereocenters. The van der Waals surface area contributed by atoms with E-state index in [9.17, 15) is 0 Å². The Morgan fingerprint density at radius 1 is 0.957 bits per heavy atom. The Balaban J connectivity index is 1.55. The Morgan fingerprint density at radius 3 is 2.17 bits per heavy atom. The minimum absolute atomic E-state index is 0.599. The van der Waals surface area contributed by atoms with Crippen molar-refractivity contribution in [2.75, 3.05) is 18.4 Å². The zero-order valence-corrected chi connectivity index (χ0v) is 14.6. The number of hydrogen-bond acceptors (Lipinski definition) is 2. The van der Waals surface area contributed by atoms with E-state index in [-0.39, 0.29) is 0 Å². The molecule has 1 N–H and O–H groups in total. The summed E-state index contributed by atoms with van der Waals surface area (Å²) in [6, 6.07) is 16.0. The summed E-state index contributed by atoms with van der Waals surface area (Å²) < 4.78 is 0. The van der Waals surface area contributed by atoms with E-state index >= 15 is 0 Å². The number of rotatable bonds is 4. The molecule has 0 saturated carbocycles. The molecule has 0 aliphatic carbocycles. The van der Waals surface area contributed by atoms with Crippen LogP contribution in [0.15, 0.2) is 42.5 Å². The van der Waals surface area contributed by atoms with E-state index < -0.39 is 0 Å². The third-order valence-electron chi connectivity index (χ3n) is 4.86. The average Bonchev–Trinajstić information content (AvgIpc) is 2.53. The molecule has 0 spiro atoms. The van der Waals surface area contributed by atoms with E-state index in [0.717, 1.165) is 6.54 Å². The van der Waals surface area contributed by atoms with Crippen LogP contribution in [-0.4, -0.2) is 24.0 Å². The van der Waals surface area contributed by atoms with Crippen LogP contribution in [0, 0.1) is 20.8 Å². The predicted molar refractivity (Wildman–Crippen MR) is 99.0 cm³/mol. The SMILES string of the molecule is Cc1cc(C)c(NC2CCN(Cc3ccccc3)CC2)c(C)c1. The highest BCUT2D eigenvalue weighted by Crippen LogP contribution is 2.25. The van der Waals surface area contributed by atoms with Crippen LogP contribution in [-0.2, 0) is 6.54 Å². The van der Waals surface area contributed by atoms with Crippen molar-refractivity contribution in [1.82, 2.24) is 4.90 Å². The van der Waals surface area contributed by atoms with E-state index in [2.05, 4.69) is 73.5 Å². The maximum absolute atomic E-state index is 3.80. The van der Waals surface area contributed by atoms with Gasteiger partial charge >= 0.3 is 0 Å². The van der Waals surface area contributed by atoms with Crippen molar-refractivity contribution in [3.8, 4) is 0 Å². The molecule has 0 bridgehead atoms. The highest BCUT2D eigenvalue weighted by molar-refractivity contribution is 5.58. The molecule has 122 valence electrons. The first-order chi connectivity index (χ1) is 11.1. The van der Waals surface area contributed by atoms with E-state index in [4.69, 9.17) is 0 Å². The summed E-state index contributed by atoms with van der Waals surface area (Å²) in [4.78, 5) is 2.57. The molecule has 3 rings (SSSR count). The van der Waals surface area contributed by atoms with E-state index in [0.29, 0.717) is 6.04 Å². The van der Waals surface area contributed by atoms with Gasteiger partial charge in [-0.05, 0) is 50.3 Å². The van der Waals surface area contributed by atoms with Crippen molar-refractivity contribution in [2.24, 2.45) is 0 Å². The maximum Gasteiger partial charge on any atom is 0.0401 e. The van der Waals surface area contributed by atoms with Crippen molar-refractivity contribution in [3.05, 3.63) is 64.7 Å². The molecule has 0 aromatic heterocycles. The van der Waals surface area contributed by atoms with E-state index in [1.54, 1.807) is 0 Å². The summed E-state index contributed by atoms with van der Waals surface area (Å²) in [6.45, 7) is 10.0. The molecule has 1 aliphatic heterocycles. The first-order valence-electron chi connectivity index (χ1n) is 8.72. The van der Waals surface area contributed by atoms with Gasteiger partial charge in [-0.1, -0.05) is 48.0 Å². The number of piperidine rings is 1. The topological polar surface area (TPSA) is 15.3 Å². The summed E-state index contributed by atoms with van der Waals surface area (Å²) in [7, 11) is 0. The standard InChI is InChI=1S/C21H28N2/c1-16-13-17(2)21(18(3)14-16)22-20-9-11-23(12-10-20)15-19-7-5-4-6-8-19/h4-8,13-14,20,22H,9-12,15H2,1-3H3. The summed E-state index contributed by atoms with van der Waals surface area (Å²) in [5.41, 5.74) is 6.85. The zero-order valence-electron chi connectivity index (χ0n) is 14.6. The Kier molecular flexibility index (Phi) is 5.02. The predicted octanol–water partition coefficient (Wildman–Crippen LogP) is 4.69. The van der Waals surface area contributed by atoms with Crippen LogP contribution in [0.25, 0.3) is 0 Å². The molecule has 1 heterocycles. The number of hydrogen-bond donors (Lipinski definition) is 1. The van der Waals surface area contributed by atoms with Crippen LogP contribution in [0.3, 0.4) is 0 Å². The van der Waals surface area contributed by atoms with Gasteiger partial charge in [0, 0.05) is 31.4 Å².